The third kappa shape index (κ3) is 4.35. The summed E-state index contributed by atoms with van der Waals surface area (Å²) in [5.74, 6) is 0.271. The second-order valence-electron chi connectivity index (χ2n) is 7.92. The molecule has 29 heavy (non-hydrogen) atoms. The van der Waals surface area contributed by atoms with Crippen molar-refractivity contribution in [1.82, 2.24) is 4.90 Å². The van der Waals surface area contributed by atoms with Gasteiger partial charge in [-0.05, 0) is 60.9 Å². The zero-order valence-electron chi connectivity index (χ0n) is 16.9. The quantitative estimate of drug-likeness (QED) is 0.858. The molecule has 1 unspecified atom stereocenters. The number of hydrogen-bond donors (Lipinski definition) is 1. The molecule has 5 heteroatoms. The minimum atomic E-state index is 0.00288. The zero-order chi connectivity index (χ0) is 20.2. The average molecular weight is 392 g/mol. The van der Waals surface area contributed by atoms with E-state index in [4.69, 9.17) is 4.74 Å². The van der Waals surface area contributed by atoms with Gasteiger partial charge in [0.2, 0.25) is 5.91 Å². The lowest BCUT2D eigenvalue weighted by Crippen LogP contribution is -2.41. The Kier molecular flexibility index (Phi) is 5.95. The highest BCUT2D eigenvalue weighted by molar-refractivity contribution is 5.99. The van der Waals surface area contributed by atoms with Crippen molar-refractivity contribution < 1.29 is 14.3 Å². The summed E-state index contributed by atoms with van der Waals surface area (Å²) >= 11 is 0. The predicted octanol–water partition coefficient (Wildman–Crippen LogP) is 3.92. The van der Waals surface area contributed by atoms with Gasteiger partial charge >= 0.3 is 0 Å². The Morgan fingerprint density at radius 1 is 1.10 bits per heavy atom. The van der Waals surface area contributed by atoms with Crippen LogP contribution in [0.1, 0.15) is 52.2 Å². The van der Waals surface area contributed by atoms with Gasteiger partial charge in [0.05, 0.1) is 13.2 Å². The average Bonchev–Trinajstić information content (AvgIpc) is 2.76. The summed E-state index contributed by atoms with van der Waals surface area (Å²) in [5.41, 5.74) is 4.86. The van der Waals surface area contributed by atoms with Crippen LogP contribution < -0.4 is 5.32 Å². The molecular formula is C24H28N2O3. The minimum Gasteiger partial charge on any atom is -0.378 e. The van der Waals surface area contributed by atoms with E-state index in [1.165, 1.54) is 11.1 Å². The third-order valence-electron chi connectivity index (χ3n) is 6.06. The Balaban J connectivity index is 1.46. The van der Waals surface area contributed by atoms with Gasteiger partial charge in [0.25, 0.3) is 5.91 Å². The second-order valence-corrected chi connectivity index (χ2v) is 7.92. The fraction of sp³-hybridized carbons (Fsp3) is 0.417. The number of hydrogen-bond acceptors (Lipinski definition) is 3. The number of fused-ring (bicyclic) bond motifs is 1. The van der Waals surface area contributed by atoms with E-state index in [1.807, 2.05) is 30.0 Å². The summed E-state index contributed by atoms with van der Waals surface area (Å²) < 4.78 is 5.34. The van der Waals surface area contributed by atoms with Crippen molar-refractivity contribution in [2.75, 3.05) is 31.6 Å². The predicted molar refractivity (Wildman–Crippen MR) is 113 cm³/mol. The Hall–Kier alpha value is -2.66. The lowest BCUT2D eigenvalue weighted by molar-refractivity contribution is -0.116. The number of carbonyl (C=O) groups is 2. The lowest BCUT2D eigenvalue weighted by atomic mass is 9.81. The van der Waals surface area contributed by atoms with Crippen LogP contribution in [0.4, 0.5) is 5.69 Å². The van der Waals surface area contributed by atoms with Crippen molar-refractivity contribution in [1.29, 1.82) is 0 Å². The topological polar surface area (TPSA) is 58.6 Å². The summed E-state index contributed by atoms with van der Waals surface area (Å²) in [5, 5.41) is 3.05. The standard InChI is InChI=1S/C24H28N2O3/c1-17-20(24(28)26-12-14-29-15-13-26)10-5-11-22(17)25-23(27)16-19-8-4-7-18-6-2-3-9-21(18)19/h2-3,5-6,9-11,19H,4,7-8,12-16H2,1H3,(H,25,27). The lowest BCUT2D eigenvalue weighted by Gasteiger charge is -2.28. The van der Waals surface area contributed by atoms with E-state index in [1.54, 1.807) is 0 Å². The molecule has 0 bridgehead atoms. The molecule has 5 nitrogen and oxygen atoms in total. The van der Waals surface area contributed by atoms with Gasteiger partial charge in [-0.2, -0.15) is 0 Å². The summed E-state index contributed by atoms with van der Waals surface area (Å²) in [7, 11) is 0. The largest absolute Gasteiger partial charge is 0.378 e. The van der Waals surface area contributed by atoms with Crippen LogP contribution in [0, 0.1) is 6.92 Å². The molecule has 1 heterocycles. The van der Waals surface area contributed by atoms with Gasteiger partial charge in [0.15, 0.2) is 0 Å². The SMILES string of the molecule is Cc1c(NC(=O)CC2CCCc3ccccc32)cccc1C(=O)N1CCOCC1. The molecule has 0 aromatic heterocycles. The maximum Gasteiger partial charge on any atom is 0.254 e. The van der Waals surface area contributed by atoms with Crippen molar-refractivity contribution in [3.05, 3.63) is 64.7 Å². The number of nitrogens with one attached hydrogen (secondary N) is 1. The molecule has 1 saturated heterocycles. The molecule has 0 saturated carbocycles. The van der Waals surface area contributed by atoms with Crippen LogP contribution in [0.2, 0.25) is 0 Å². The van der Waals surface area contributed by atoms with Crippen molar-refractivity contribution in [2.24, 2.45) is 0 Å². The first-order valence-electron chi connectivity index (χ1n) is 10.5. The number of aryl methyl sites for hydroxylation is 1. The Morgan fingerprint density at radius 2 is 1.90 bits per heavy atom. The smallest absolute Gasteiger partial charge is 0.254 e. The maximum absolute atomic E-state index is 12.9. The van der Waals surface area contributed by atoms with Crippen molar-refractivity contribution in [3.63, 3.8) is 0 Å². The number of ether oxygens (including phenoxy) is 1. The zero-order valence-corrected chi connectivity index (χ0v) is 16.9. The fourth-order valence-corrected chi connectivity index (χ4v) is 4.43. The molecule has 1 atom stereocenters. The molecule has 2 amide bonds. The number of benzene rings is 2. The Bertz CT molecular complexity index is 903. The normalized spacial score (nSPS) is 18.8. The number of rotatable bonds is 4. The molecule has 1 aliphatic heterocycles. The van der Waals surface area contributed by atoms with Crippen LogP contribution in [-0.2, 0) is 16.0 Å². The highest BCUT2D eigenvalue weighted by Crippen LogP contribution is 2.34. The number of nitrogens with zero attached hydrogens (tertiary/aromatic N) is 1. The van der Waals surface area contributed by atoms with Gasteiger partial charge in [-0.25, -0.2) is 0 Å². The van der Waals surface area contributed by atoms with Gasteiger partial charge in [0.1, 0.15) is 0 Å². The van der Waals surface area contributed by atoms with Crippen molar-refractivity contribution in [2.45, 2.75) is 38.5 Å². The molecule has 0 spiro atoms. The van der Waals surface area contributed by atoms with Crippen LogP contribution >= 0.6 is 0 Å². The fourth-order valence-electron chi connectivity index (χ4n) is 4.43. The van der Waals surface area contributed by atoms with Crippen LogP contribution in [0.25, 0.3) is 0 Å². The first-order chi connectivity index (χ1) is 14.1. The van der Waals surface area contributed by atoms with Gasteiger partial charge in [0, 0.05) is 30.8 Å². The summed E-state index contributed by atoms with van der Waals surface area (Å²) in [6.07, 6.45) is 3.73. The van der Waals surface area contributed by atoms with Gasteiger partial charge in [-0.15, -0.1) is 0 Å². The van der Waals surface area contributed by atoms with Crippen molar-refractivity contribution in [3.8, 4) is 0 Å². The number of morpholine rings is 1. The van der Waals surface area contributed by atoms with E-state index in [0.29, 0.717) is 38.3 Å². The Labute approximate surface area is 172 Å². The van der Waals surface area contributed by atoms with E-state index in [-0.39, 0.29) is 17.7 Å². The van der Waals surface area contributed by atoms with E-state index in [0.717, 1.165) is 30.5 Å². The first-order valence-corrected chi connectivity index (χ1v) is 10.5. The molecule has 152 valence electrons. The van der Waals surface area contributed by atoms with Crippen LogP contribution in [0.15, 0.2) is 42.5 Å². The molecule has 2 aromatic carbocycles. The maximum atomic E-state index is 12.9. The minimum absolute atomic E-state index is 0.00288. The van der Waals surface area contributed by atoms with Gasteiger partial charge < -0.3 is 15.0 Å². The van der Waals surface area contributed by atoms with E-state index in [9.17, 15) is 9.59 Å². The summed E-state index contributed by atoms with van der Waals surface area (Å²) in [4.78, 5) is 27.5. The molecule has 2 aromatic rings. The number of amides is 2. The highest BCUT2D eigenvalue weighted by atomic mass is 16.5. The van der Waals surface area contributed by atoms with Crippen LogP contribution in [0.3, 0.4) is 0 Å². The Morgan fingerprint density at radius 3 is 2.72 bits per heavy atom. The van der Waals surface area contributed by atoms with Crippen molar-refractivity contribution >= 4 is 17.5 Å². The second kappa shape index (κ2) is 8.78. The van der Waals surface area contributed by atoms with Crippen LogP contribution in [0.5, 0.6) is 0 Å². The summed E-state index contributed by atoms with van der Waals surface area (Å²) in [6, 6.07) is 14.0. The molecule has 2 aliphatic rings. The summed E-state index contributed by atoms with van der Waals surface area (Å²) in [6.45, 7) is 4.26. The van der Waals surface area contributed by atoms with Crippen LogP contribution in [-0.4, -0.2) is 43.0 Å². The number of anilines is 1. The third-order valence-corrected chi connectivity index (χ3v) is 6.06. The highest BCUT2D eigenvalue weighted by Gasteiger charge is 2.24. The molecule has 1 aliphatic carbocycles. The molecule has 0 radical (unpaired) electrons. The molecular weight excluding hydrogens is 364 g/mol. The molecule has 1 fully saturated rings. The monoisotopic (exact) mass is 392 g/mol. The van der Waals surface area contributed by atoms with E-state index >= 15 is 0 Å². The molecule has 4 rings (SSSR count). The van der Waals surface area contributed by atoms with Gasteiger partial charge in [-0.3, -0.25) is 9.59 Å². The van der Waals surface area contributed by atoms with E-state index in [2.05, 4.69) is 29.6 Å². The van der Waals surface area contributed by atoms with Gasteiger partial charge in [-0.1, -0.05) is 30.3 Å². The first kappa shape index (κ1) is 19.6. The molecule has 1 N–H and O–H groups in total. The van der Waals surface area contributed by atoms with E-state index < -0.39 is 0 Å². The number of carbonyl (C=O) groups excluding carboxylic acids is 2.